The van der Waals surface area contributed by atoms with Crippen molar-refractivity contribution in [1.29, 1.82) is 0 Å². The first-order chi connectivity index (χ1) is 29.2. The van der Waals surface area contributed by atoms with E-state index < -0.39 is 8.07 Å². The minimum atomic E-state index is -2.98. The van der Waals surface area contributed by atoms with Gasteiger partial charge in [0.2, 0.25) is 0 Å². The molecular weight excluding hydrogens is 733 g/mol. The molecule has 0 amide bonds. The fraction of sp³-hybridized carbons (Fsp3) is 0.0182. The summed E-state index contributed by atoms with van der Waals surface area (Å²) in [6.07, 6.45) is 0. The van der Waals surface area contributed by atoms with Gasteiger partial charge in [-0.05, 0) is 87.8 Å². The number of aryl methyl sites for hydroxylation is 1. The average molecular weight is 771 g/mol. The number of hydrogen-bond donors (Lipinski definition) is 0. The summed E-state index contributed by atoms with van der Waals surface area (Å²) in [6.45, 7) is 2.26. The van der Waals surface area contributed by atoms with Crippen LogP contribution in [0.4, 0.5) is 0 Å². The number of furan rings is 1. The Morgan fingerprint density at radius 3 is 1.68 bits per heavy atom. The molecule has 3 nitrogen and oxygen atoms in total. The first kappa shape index (κ1) is 33.7. The lowest BCUT2D eigenvalue weighted by Crippen LogP contribution is -2.74. The second kappa shape index (κ2) is 13.1. The van der Waals surface area contributed by atoms with Gasteiger partial charge in [0.15, 0.2) is 8.07 Å². The predicted octanol–water partition coefficient (Wildman–Crippen LogP) is 11.5. The van der Waals surface area contributed by atoms with Gasteiger partial charge in [-0.2, -0.15) is 0 Å². The second-order valence-corrected chi connectivity index (χ2v) is 19.6. The van der Waals surface area contributed by atoms with Crippen molar-refractivity contribution in [2.24, 2.45) is 0 Å². The molecule has 0 saturated carbocycles. The molecule has 4 heteroatoms. The lowest BCUT2D eigenvalue weighted by atomic mass is 10.1. The molecule has 59 heavy (non-hydrogen) atoms. The SMILES string of the molecule is Cc1cc(-n2c3ccccc3c3ccc4c(c5ccccc5n4-c4ccccc4)c32)cc([Si](c2ccccc2)(c2ccccc2)c2ccc3oc4ccccc4c3c2)c1. The molecule has 0 saturated heterocycles. The molecule has 0 spiro atoms. The summed E-state index contributed by atoms with van der Waals surface area (Å²) in [5.41, 5.74) is 10.2. The Morgan fingerprint density at radius 2 is 0.949 bits per heavy atom. The highest BCUT2D eigenvalue weighted by Gasteiger charge is 2.42. The van der Waals surface area contributed by atoms with Crippen LogP contribution in [0.1, 0.15) is 5.56 Å². The van der Waals surface area contributed by atoms with Gasteiger partial charge in [0, 0.05) is 43.7 Å². The van der Waals surface area contributed by atoms with E-state index in [1.165, 1.54) is 69.9 Å². The Kier molecular flexibility index (Phi) is 7.47. The van der Waals surface area contributed by atoms with Crippen LogP contribution >= 0.6 is 0 Å². The Hall–Kier alpha value is -7.40. The summed E-state index contributed by atoms with van der Waals surface area (Å²) in [4.78, 5) is 0. The van der Waals surface area contributed by atoms with Gasteiger partial charge in [0.25, 0.3) is 0 Å². The molecule has 0 fully saturated rings. The third-order valence-electron chi connectivity index (χ3n) is 12.5. The number of rotatable bonds is 6. The van der Waals surface area contributed by atoms with E-state index in [-0.39, 0.29) is 0 Å². The Labute approximate surface area is 342 Å². The largest absolute Gasteiger partial charge is 0.456 e. The average Bonchev–Trinajstić information content (AvgIpc) is 3.95. The zero-order chi connectivity index (χ0) is 39.1. The van der Waals surface area contributed by atoms with Gasteiger partial charge < -0.3 is 13.6 Å². The van der Waals surface area contributed by atoms with Crippen LogP contribution < -0.4 is 20.7 Å². The molecule has 9 aromatic carbocycles. The van der Waals surface area contributed by atoms with E-state index in [2.05, 4.69) is 228 Å². The number of benzene rings is 9. The summed E-state index contributed by atoms with van der Waals surface area (Å²) >= 11 is 0. The van der Waals surface area contributed by atoms with E-state index in [1.807, 2.05) is 0 Å². The summed E-state index contributed by atoms with van der Waals surface area (Å²) in [5.74, 6) is 0. The van der Waals surface area contributed by atoms with Crippen LogP contribution in [-0.2, 0) is 0 Å². The first-order valence-corrected chi connectivity index (χ1v) is 22.3. The van der Waals surface area contributed by atoms with Crippen LogP contribution in [0.3, 0.4) is 0 Å². The summed E-state index contributed by atoms with van der Waals surface area (Å²) in [5, 5.41) is 12.6. The van der Waals surface area contributed by atoms with Gasteiger partial charge in [0.05, 0.1) is 22.1 Å². The Balaban J connectivity index is 1.22. The quantitative estimate of drug-likeness (QED) is 0.122. The van der Waals surface area contributed by atoms with E-state index >= 15 is 0 Å². The van der Waals surface area contributed by atoms with Crippen molar-refractivity contribution in [1.82, 2.24) is 9.13 Å². The monoisotopic (exact) mass is 770 g/mol. The third-order valence-corrected chi connectivity index (χ3v) is 17.2. The lowest BCUT2D eigenvalue weighted by molar-refractivity contribution is 0.669. The van der Waals surface area contributed by atoms with Gasteiger partial charge in [0.1, 0.15) is 11.2 Å². The molecule has 12 rings (SSSR count). The second-order valence-electron chi connectivity index (χ2n) is 15.7. The van der Waals surface area contributed by atoms with Crippen LogP contribution in [-0.4, -0.2) is 17.2 Å². The number of nitrogens with zero attached hydrogens (tertiary/aromatic N) is 2. The molecule has 0 radical (unpaired) electrons. The summed E-state index contributed by atoms with van der Waals surface area (Å²) in [7, 11) is -2.98. The third kappa shape index (κ3) is 4.94. The molecule has 0 N–H and O–H groups in total. The zero-order valence-electron chi connectivity index (χ0n) is 32.5. The van der Waals surface area contributed by atoms with Crippen LogP contribution in [0.2, 0.25) is 0 Å². The van der Waals surface area contributed by atoms with Crippen molar-refractivity contribution >= 4 is 94.4 Å². The molecule has 0 atom stereocenters. The highest BCUT2D eigenvalue weighted by molar-refractivity contribution is 7.20. The maximum Gasteiger partial charge on any atom is 0.179 e. The molecule has 0 aliphatic carbocycles. The highest BCUT2D eigenvalue weighted by Crippen LogP contribution is 2.42. The van der Waals surface area contributed by atoms with Crippen LogP contribution in [0.15, 0.2) is 217 Å². The fourth-order valence-electron chi connectivity index (χ4n) is 10.1. The summed E-state index contributed by atoms with van der Waals surface area (Å²) in [6, 6.07) is 78.4. The standard InChI is InChI=1S/C55H38N2OSi/c1-37-33-39(57-49-26-14-11-23-44(49)46-30-31-51-54(55(46)57)47-25-12-15-27-50(47)56(51)38-17-5-2-6-18-38)35-43(34-37)59(40-19-7-3-8-20-40,41-21-9-4-10-22-41)42-29-32-53-48(36-42)45-24-13-16-28-52(45)58-53/h2-36H,1H3. The highest BCUT2D eigenvalue weighted by atomic mass is 28.3. The number of aromatic nitrogens is 2. The molecular formula is C55H38N2OSi. The molecule has 0 unspecified atom stereocenters. The van der Waals surface area contributed by atoms with Crippen LogP contribution in [0.25, 0.3) is 76.9 Å². The fourth-order valence-corrected chi connectivity index (χ4v) is 15.0. The summed E-state index contributed by atoms with van der Waals surface area (Å²) < 4.78 is 11.4. The minimum absolute atomic E-state index is 0.910. The van der Waals surface area contributed by atoms with Gasteiger partial charge >= 0.3 is 0 Å². The topological polar surface area (TPSA) is 23.0 Å². The van der Waals surface area contributed by atoms with Crippen molar-refractivity contribution in [3.8, 4) is 11.4 Å². The molecule has 0 bridgehead atoms. The molecule has 3 heterocycles. The first-order valence-electron chi connectivity index (χ1n) is 20.3. The van der Waals surface area contributed by atoms with Gasteiger partial charge in [-0.25, -0.2) is 0 Å². The minimum Gasteiger partial charge on any atom is -0.456 e. The molecule has 0 aliphatic heterocycles. The van der Waals surface area contributed by atoms with Crippen molar-refractivity contribution in [2.75, 3.05) is 0 Å². The van der Waals surface area contributed by atoms with E-state index in [9.17, 15) is 0 Å². The number of fused-ring (bicyclic) bond motifs is 10. The van der Waals surface area contributed by atoms with Gasteiger partial charge in [-0.1, -0.05) is 158 Å². The van der Waals surface area contributed by atoms with E-state index in [4.69, 9.17) is 4.42 Å². The van der Waals surface area contributed by atoms with E-state index in [0.717, 1.165) is 33.3 Å². The molecule has 12 aromatic rings. The maximum atomic E-state index is 6.41. The number of para-hydroxylation sites is 4. The van der Waals surface area contributed by atoms with Crippen LogP contribution in [0, 0.1) is 6.92 Å². The van der Waals surface area contributed by atoms with Crippen LogP contribution in [0.5, 0.6) is 0 Å². The molecule has 278 valence electrons. The van der Waals surface area contributed by atoms with Crippen molar-refractivity contribution < 1.29 is 4.42 Å². The van der Waals surface area contributed by atoms with E-state index in [0.29, 0.717) is 0 Å². The van der Waals surface area contributed by atoms with Crippen molar-refractivity contribution in [2.45, 2.75) is 6.92 Å². The zero-order valence-corrected chi connectivity index (χ0v) is 33.5. The van der Waals surface area contributed by atoms with Crippen molar-refractivity contribution in [3.63, 3.8) is 0 Å². The normalized spacial score (nSPS) is 12.2. The Morgan fingerprint density at radius 1 is 0.356 bits per heavy atom. The predicted molar refractivity (Wildman–Crippen MR) is 251 cm³/mol. The van der Waals surface area contributed by atoms with Gasteiger partial charge in [-0.3, -0.25) is 0 Å². The molecule has 3 aromatic heterocycles. The smallest absolute Gasteiger partial charge is 0.179 e. The lowest BCUT2D eigenvalue weighted by Gasteiger charge is -2.35. The van der Waals surface area contributed by atoms with Crippen molar-refractivity contribution in [3.05, 3.63) is 218 Å². The maximum absolute atomic E-state index is 6.41. The Bertz CT molecular complexity index is 3520. The van der Waals surface area contributed by atoms with E-state index in [1.54, 1.807) is 0 Å². The van der Waals surface area contributed by atoms with Gasteiger partial charge in [-0.15, -0.1) is 0 Å². The number of hydrogen-bond acceptors (Lipinski definition) is 1. The molecule has 0 aliphatic rings.